The first-order valence-corrected chi connectivity index (χ1v) is 9.14. The summed E-state index contributed by atoms with van der Waals surface area (Å²) in [6.45, 7) is 3.41. The maximum atomic E-state index is 12.2. The largest absolute Gasteiger partial charge is 0.480 e. The lowest BCUT2D eigenvalue weighted by atomic mass is 10.1. The van der Waals surface area contributed by atoms with Crippen LogP contribution in [0, 0.1) is 6.92 Å². The van der Waals surface area contributed by atoms with Gasteiger partial charge in [-0.25, -0.2) is 8.42 Å². The van der Waals surface area contributed by atoms with Crippen LogP contribution in [0.1, 0.15) is 31.7 Å². The molecule has 0 aliphatic rings. The number of sulfonamides is 1. The molecule has 0 bridgehead atoms. The molecule has 0 aliphatic heterocycles. The van der Waals surface area contributed by atoms with Gasteiger partial charge in [0.15, 0.2) is 0 Å². The Morgan fingerprint density at radius 2 is 1.83 bits per heavy atom. The molecule has 1 aromatic carbocycles. The summed E-state index contributed by atoms with van der Waals surface area (Å²) in [5, 5.41) is 8.73. The SMILES string of the molecule is CC(=O)Cl.Cc1ccccc1S(=O)(=O)NC(CCCCN)C(=O)O. The zero-order valence-corrected chi connectivity index (χ0v) is 15.2. The van der Waals surface area contributed by atoms with Crippen molar-refractivity contribution in [3.63, 3.8) is 0 Å². The molecule has 0 fully saturated rings. The van der Waals surface area contributed by atoms with Crippen LogP contribution in [0.5, 0.6) is 0 Å². The van der Waals surface area contributed by atoms with E-state index in [4.69, 9.17) is 10.8 Å². The molecule has 0 heterocycles. The fourth-order valence-electron chi connectivity index (χ4n) is 1.83. The van der Waals surface area contributed by atoms with Gasteiger partial charge < -0.3 is 10.8 Å². The second-order valence-electron chi connectivity index (χ2n) is 5.03. The van der Waals surface area contributed by atoms with Gasteiger partial charge in [0.2, 0.25) is 15.3 Å². The summed E-state index contributed by atoms with van der Waals surface area (Å²) in [4.78, 5) is 20.4. The van der Waals surface area contributed by atoms with Crippen molar-refractivity contribution in [1.82, 2.24) is 4.72 Å². The topological polar surface area (TPSA) is 127 Å². The van der Waals surface area contributed by atoms with Crippen LogP contribution in [0.3, 0.4) is 0 Å². The Morgan fingerprint density at radius 3 is 2.29 bits per heavy atom. The fraction of sp³-hybridized carbons (Fsp3) is 0.467. The van der Waals surface area contributed by atoms with Gasteiger partial charge in [0.05, 0.1) is 4.90 Å². The Kier molecular flexibility index (Phi) is 10.5. The normalized spacial score (nSPS) is 12.0. The number of rotatable bonds is 8. The lowest BCUT2D eigenvalue weighted by Gasteiger charge is -2.15. The molecule has 1 unspecified atom stereocenters. The van der Waals surface area contributed by atoms with Crippen LogP contribution in [-0.4, -0.2) is 37.3 Å². The zero-order chi connectivity index (χ0) is 18.8. The van der Waals surface area contributed by atoms with E-state index in [1.54, 1.807) is 25.1 Å². The first-order valence-electron chi connectivity index (χ1n) is 7.28. The molecule has 0 saturated heterocycles. The van der Waals surface area contributed by atoms with Gasteiger partial charge >= 0.3 is 5.97 Å². The highest BCUT2D eigenvalue weighted by atomic mass is 35.5. The number of aryl methyl sites for hydroxylation is 1. The van der Waals surface area contributed by atoms with Crippen LogP contribution >= 0.6 is 11.6 Å². The summed E-state index contributed by atoms with van der Waals surface area (Å²) in [7, 11) is -3.83. The summed E-state index contributed by atoms with van der Waals surface area (Å²) < 4.78 is 26.6. The minimum absolute atomic E-state index is 0.102. The molecule has 0 aliphatic carbocycles. The maximum Gasteiger partial charge on any atom is 0.321 e. The molecule has 9 heteroatoms. The Bertz CT molecular complexity index is 645. The second-order valence-corrected chi connectivity index (χ2v) is 7.25. The predicted molar refractivity (Wildman–Crippen MR) is 92.4 cm³/mol. The molecule has 0 saturated carbocycles. The molecule has 4 N–H and O–H groups in total. The molecule has 7 nitrogen and oxygen atoms in total. The van der Waals surface area contributed by atoms with Gasteiger partial charge in [-0.3, -0.25) is 9.59 Å². The van der Waals surface area contributed by atoms with Gasteiger partial charge in [0.1, 0.15) is 6.04 Å². The van der Waals surface area contributed by atoms with E-state index >= 15 is 0 Å². The van der Waals surface area contributed by atoms with Crippen LogP contribution in [0.25, 0.3) is 0 Å². The number of carbonyl (C=O) groups excluding carboxylic acids is 1. The minimum atomic E-state index is -3.83. The molecule has 1 atom stereocenters. The van der Waals surface area contributed by atoms with E-state index in [0.29, 0.717) is 24.9 Å². The van der Waals surface area contributed by atoms with E-state index in [-0.39, 0.29) is 16.6 Å². The fourth-order valence-corrected chi connectivity index (χ4v) is 3.30. The predicted octanol–water partition coefficient (Wildman–Crippen LogP) is 1.63. The molecule has 136 valence electrons. The van der Waals surface area contributed by atoms with E-state index in [2.05, 4.69) is 16.3 Å². The van der Waals surface area contributed by atoms with Crippen LogP contribution < -0.4 is 10.5 Å². The summed E-state index contributed by atoms with van der Waals surface area (Å²) in [6.07, 6.45) is 1.44. The van der Waals surface area contributed by atoms with Gasteiger partial charge in [0, 0.05) is 6.92 Å². The summed E-state index contributed by atoms with van der Waals surface area (Å²) in [6, 6.07) is 5.32. The lowest BCUT2D eigenvalue weighted by molar-refractivity contribution is -0.139. The zero-order valence-electron chi connectivity index (χ0n) is 13.7. The van der Waals surface area contributed by atoms with Gasteiger partial charge in [-0.15, -0.1) is 0 Å². The molecule has 0 amide bonds. The second kappa shape index (κ2) is 11.1. The minimum Gasteiger partial charge on any atom is -0.480 e. The summed E-state index contributed by atoms with van der Waals surface area (Å²) in [5.41, 5.74) is 5.92. The molecule has 1 aromatic rings. The number of aliphatic carboxylic acids is 1. The number of benzene rings is 1. The van der Waals surface area contributed by atoms with Crippen molar-refractivity contribution >= 4 is 32.8 Å². The average Bonchev–Trinajstić information content (AvgIpc) is 2.45. The highest BCUT2D eigenvalue weighted by molar-refractivity contribution is 7.89. The highest BCUT2D eigenvalue weighted by Crippen LogP contribution is 2.15. The van der Waals surface area contributed by atoms with Crippen LogP contribution in [0.2, 0.25) is 0 Å². The number of carboxylic acids is 1. The maximum absolute atomic E-state index is 12.2. The molecule has 0 radical (unpaired) electrons. The van der Waals surface area contributed by atoms with Crippen LogP contribution in [-0.2, 0) is 19.6 Å². The molecule has 1 rings (SSSR count). The number of carboxylic acid groups (broad SMARTS) is 1. The first kappa shape index (κ1) is 22.5. The van der Waals surface area contributed by atoms with Crippen molar-refractivity contribution in [2.24, 2.45) is 5.73 Å². The number of nitrogens with two attached hydrogens (primary N) is 1. The van der Waals surface area contributed by atoms with Gasteiger partial charge in [-0.05, 0) is 49.5 Å². The van der Waals surface area contributed by atoms with Crippen molar-refractivity contribution in [3.05, 3.63) is 29.8 Å². The van der Waals surface area contributed by atoms with Crippen molar-refractivity contribution in [1.29, 1.82) is 0 Å². The highest BCUT2D eigenvalue weighted by Gasteiger charge is 2.25. The number of hydrogen-bond acceptors (Lipinski definition) is 5. The number of nitrogens with one attached hydrogen (secondary N) is 1. The Labute approximate surface area is 147 Å². The Morgan fingerprint density at radius 1 is 1.29 bits per heavy atom. The van der Waals surface area contributed by atoms with Crippen molar-refractivity contribution in [2.45, 2.75) is 44.0 Å². The van der Waals surface area contributed by atoms with Gasteiger partial charge in [-0.1, -0.05) is 24.6 Å². The van der Waals surface area contributed by atoms with Crippen molar-refractivity contribution < 1.29 is 23.1 Å². The quantitative estimate of drug-likeness (QED) is 0.466. The van der Waals surface area contributed by atoms with E-state index in [1.807, 2.05) is 0 Å². The molecule has 0 aromatic heterocycles. The van der Waals surface area contributed by atoms with Gasteiger partial charge in [0.25, 0.3) is 0 Å². The number of carbonyl (C=O) groups is 2. The van der Waals surface area contributed by atoms with E-state index in [0.717, 1.165) is 0 Å². The number of hydrogen-bond donors (Lipinski definition) is 3. The third kappa shape index (κ3) is 8.97. The van der Waals surface area contributed by atoms with E-state index in [1.165, 1.54) is 13.0 Å². The van der Waals surface area contributed by atoms with Crippen LogP contribution in [0.4, 0.5) is 0 Å². The molecule has 0 spiro atoms. The standard InChI is InChI=1S/C13H20N2O4S.C2H3ClO/c1-10-6-2-3-8-12(10)20(18,19)15-11(13(16)17)7-4-5-9-14;1-2(3)4/h2-3,6,8,11,15H,4-5,7,9,14H2,1H3,(H,16,17);1H3. The number of unbranched alkanes of at least 4 members (excludes halogenated alkanes) is 1. The monoisotopic (exact) mass is 378 g/mol. The third-order valence-electron chi connectivity index (χ3n) is 2.93. The Balaban J connectivity index is 0.00000118. The van der Waals surface area contributed by atoms with Crippen LogP contribution in [0.15, 0.2) is 29.2 Å². The van der Waals surface area contributed by atoms with Gasteiger partial charge in [-0.2, -0.15) is 4.72 Å². The lowest BCUT2D eigenvalue weighted by Crippen LogP contribution is -2.40. The smallest absolute Gasteiger partial charge is 0.321 e. The third-order valence-corrected chi connectivity index (χ3v) is 4.56. The molecular weight excluding hydrogens is 356 g/mol. The van der Waals surface area contributed by atoms with E-state index < -0.39 is 22.0 Å². The average molecular weight is 379 g/mol. The summed E-state index contributed by atoms with van der Waals surface area (Å²) >= 11 is 4.64. The first-order chi connectivity index (χ1) is 11.1. The molecule has 24 heavy (non-hydrogen) atoms. The van der Waals surface area contributed by atoms with E-state index in [9.17, 15) is 18.0 Å². The summed E-state index contributed by atoms with van der Waals surface area (Å²) in [5.74, 6) is -1.18. The number of halogens is 1. The van der Waals surface area contributed by atoms with Crippen molar-refractivity contribution in [3.8, 4) is 0 Å². The Hall–Kier alpha value is -1.48. The van der Waals surface area contributed by atoms with Crippen molar-refractivity contribution in [2.75, 3.05) is 6.54 Å². The molecular formula is C15H23ClN2O5S.